The average molecular weight is 409 g/mol. The molecule has 160 valence electrons. The van der Waals surface area contributed by atoms with Crippen LogP contribution in [0.15, 0.2) is 30.3 Å². The Balaban J connectivity index is 1.74. The van der Waals surface area contributed by atoms with Gasteiger partial charge in [0.1, 0.15) is 0 Å². The van der Waals surface area contributed by atoms with E-state index in [2.05, 4.69) is 26.1 Å². The van der Waals surface area contributed by atoms with Crippen molar-refractivity contribution < 1.29 is 9.59 Å². The van der Waals surface area contributed by atoms with E-state index in [4.69, 9.17) is 5.10 Å². The maximum atomic E-state index is 13.2. The quantitative estimate of drug-likeness (QED) is 0.731. The number of aromatic nitrogens is 2. The van der Waals surface area contributed by atoms with Crippen molar-refractivity contribution in [3.8, 4) is 5.69 Å². The van der Waals surface area contributed by atoms with Crippen LogP contribution in [0.4, 0.5) is 4.79 Å². The lowest BCUT2D eigenvalue weighted by Gasteiger charge is -2.30. The highest BCUT2D eigenvalue weighted by atomic mass is 16.2. The van der Waals surface area contributed by atoms with Crippen molar-refractivity contribution in [2.75, 3.05) is 13.1 Å². The molecule has 1 aromatic heterocycles. The molecule has 0 radical (unpaired) electrons. The van der Waals surface area contributed by atoms with E-state index in [9.17, 15) is 9.59 Å². The number of rotatable bonds is 5. The molecule has 1 atom stereocenters. The second-order valence-electron chi connectivity index (χ2n) is 9.33. The number of carbonyl (C=O) groups is 2. The van der Waals surface area contributed by atoms with Crippen LogP contribution < -0.4 is 5.32 Å². The highest BCUT2D eigenvalue weighted by Crippen LogP contribution is 2.41. The highest BCUT2D eigenvalue weighted by Gasteiger charge is 2.41. The van der Waals surface area contributed by atoms with Crippen LogP contribution in [0.25, 0.3) is 5.69 Å². The fraction of sp³-hybridized carbons (Fsp3) is 0.542. The number of hydrogen-bond acceptors (Lipinski definition) is 3. The molecule has 2 amide bonds. The van der Waals surface area contributed by atoms with Crippen molar-refractivity contribution in [1.82, 2.24) is 20.0 Å². The summed E-state index contributed by atoms with van der Waals surface area (Å²) in [7, 11) is 0. The van der Waals surface area contributed by atoms with Gasteiger partial charge in [-0.3, -0.25) is 4.79 Å². The SMILES string of the molecule is CCCCNC(=O)N1CCC[C@H]1c1nn(-c2ccccc2)c2c1C(=O)CC(C)(C)C2. The maximum Gasteiger partial charge on any atom is 0.317 e. The summed E-state index contributed by atoms with van der Waals surface area (Å²) in [4.78, 5) is 27.9. The first kappa shape index (κ1) is 20.6. The Morgan fingerprint density at radius 2 is 2.00 bits per heavy atom. The Hall–Kier alpha value is -2.63. The van der Waals surface area contributed by atoms with Crippen molar-refractivity contribution in [3.63, 3.8) is 0 Å². The van der Waals surface area contributed by atoms with E-state index >= 15 is 0 Å². The summed E-state index contributed by atoms with van der Waals surface area (Å²) in [6.45, 7) is 7.77. The second-order valence-corrected chi connectivity index (χ2v) is 9.33. The predicted molar refractivity (Wildman–Crippen MR) is 117 cm³/mol. The number of ketones is 1. The van der Waals surface area contributed by atoms with E-state index in [1.54, 1.807) is 0 Å². The fourth-order valence-electron chi connectivity index (χ4n) is 4.76. The normalized spacial score (nSPS) is 20.3. The molecule has 0 bridgehead atoms. The molecule has 2 aliphatic rings. The molecule has 1 aliphatic carbocycles. The zero-order valence-corrected chi connectivity index (χ0v) is 18.3. The predicted octanol–water partition coefficient (Wildman–Crippen LogP) is 4.67. The van der Waals surface area contributed by atoms with Gasteiger partial charge in [-0.25, -0.2) is 9.48 Å². The number of carbonyl (C=O) groups excluding carboxylic acids is 2. The van der Waals surface area contributed by atoms with Crippen molar-refractivity contribution >= 4 is 11.8 Å². The molecule has 1 aliphatic heterocycles. The Kier molecular flexibility index (Phi) is 5.67. The Morgan fingerprint density at radius 1 is 1.23 bits per heavy atom. The van der Waals surface area contributed by atoms with Crippen molar-refractivity contribution in [2.45, 2.75) is 65.3 Å². The topological polar surface area (TPSA) is 67.2 Å². The zero-order chi connectivity index (χ0) is 21.3. The van der Waals surface area contributed by atoms with E-state index in [0.29, 0.717) is 19.5 Å². The molecule has 0 unspecified atom stereocenters. The molecule has 1 saturated heterocycles. The van der Waals surface area contributed by atoms with Gasteiger partial charge in [0.2, 0.25) is 0 Å². The molecular formula is C24H32N4O2. The van der Waals surface area contributed by atoms with E-state index in [1.165, 1.54) is 0 Å². The molecule has 2 aromatic rings. The van der Waals surface area contributed by atoms with Gasteiger partial charge < -0.3 is 10.2 Å². The third kappa shape index (κ3) is 3.87. The Bertz CT molecular complexity index is 932. The molecule has 6 nitrogen and oxygen atoms in total. The van der Waals surface area contributed by atoms with Crippen LogP contribution in [0.2, 0.25) is 0 Å². The van der Waals surface area contributed by atoms with Crippen LogP contribution in [-0.4, -0.2) is 39.6 Å². The van der Waals surface area contributed by atoms with Gasteiger partial charge in [-0.2, -0.15) is 5.10 Å². The second kappa shape index (κ2) is 8.25. The number of urea groups is 1. The summed E-state index contributed by atoms with van der Waals surface area (Å²) >= 11 is 0. The number of nitrogens with one attached hydrogen (secondary N) is 1. The number of unbranched alkanes of at least 4 members (excludes halogenated alkanes) is 1. The van der Waals surface area contributed by atoms with E-state index in [-0.39, 0.29) is 23.3 Å². The van der Waals surface area contributed by atoms with Crippen LogP contribution in [0.5, 0.6) is 0 Å². The number of hydrogen-bond donors (Lipinski definition) is 1. The van der Waals surface area contributed by atoms with Crippen LogP contribution in [0, 0.1) is 5.41 Å². The summed E-state index contributed by atoms with van der Waals surface area (Å²) in [5.41, 5.74) is 3.37. The van der Waals surface area contributed by atoms with Gasteiger partial charge in [0.25, 0.3) is 0 Å². The van der Waals surface area contributed by atoms with Gasteiger partial charge in [-0.15, -0.1) is 0 Å². The van der Waals surface area contributed by atoms with Gasteiger partial charge in [0, 0.05) is 19.5 Å². The number of fused-ring (bicyclic) bond motifs is 1. The molecule has 4 rings (SSSR count). The minimum atomic E-state index is -0.143. The number of Topliss-reactive ketones (excluding diaryl/α,β-unsaturated/α-hetero) is 1. The summed E-state index contributed by atoms with van der Waals surface area (Å²) in [6.07, 6.45) is 5.10. The minimum Gasteiger partial charge on any atom is -0.338 e. The summed E-state index contributed by atoms with van der Waals surface area (Å²) in [5, 5.41) is 8.00. The van der Waals surface area contributed by atoms with Gasteiger partial charge in [0.05, 0.1) is 28.7 Å². The molecule has 2 heterocycles. The number of amides is 2. The smallest absolute Gasteiger partial charge is 0.317 e. The van der Waals surface area contributed by atoms with Gasteiger partial charge in [-0.1, -0.05) is 45.4 Å². The van der Waals surface area contributed by atoms with Gasteiger partial charge in [-0.05, 0) is 43.2 Å². The molecule has 1 N–H and O–H groups in total. The number of nitrogens with zero attached hydrogens (tertiary/aromatic N) is 3. The average Bonchev–Trinajstić information content (AvgIpc) is 3.32. The maximum absolute atomic E-state index is 13.2. The Labute approximate surface area is 178 Å². The molecule has 30 heavy (non-hydrogen) atoms. The van der Waals surface area contributed by atoms with E-state index in [1.807, 2.05) is 39.9 Å². The standard InChI is InChI=1S/C24H32N4O2/c1-4-5-13-25-23(30)27-14-9-12-18(27)22-21-19(15-24(2,3)16-20(21)29)28(26-22)17-10-7-6-8-11-17/h6-8,10-11,18H,4-5,9,12-16H2,1-3H3,(H,25,30)/t18-/m0/s1. The number of benzene rings is 1. The lowest BCUT2D eigenvalue weighted by molar-refractivity contribution is 0.0907. The largest absolute Gasteiger partial charge is 0.338 e. The highest BCUT2D eigenvalue weighted by molar-refractivity contribution is 6.00. The molecule has 1 aromatic carbocycles. The third-order valence-electron chi connectivity index (χ3n) is 6.21. The van der Waals surface area contributed by atoms with Crippen LogP contribution >= 0.6 is 0 Å². The van der Waals surface area contributed by atoms with Crippen LogP contribution in [-0.2, 0) is 6.42 Å². The van der Waals surface area contributed by atoms with Gasteiger partial charge >= 0.3 is 6.03 Å². The van der Waals surface area contributed by atoms with E-state index in [0.717, 1.165) is 54.7 Å². The third-order valence-corrected chi connectivity index (χ3v) is 6.21. The van der Waals surface area contributed by atoms with Gasteiger partial charge in [0.15, 0.2) is 5.78 Å². The minimum absolute atomic E-state index is 0.0439. The van der Waals surface area contributed by atoms with Crippen molar-refractivity contribution in [3.05, 3.63) is 47.3 Å². The lowest BCUT2D eigenvalue weighted by Crippen LogP contribution is -2.40. The van der Waals surface area contributed by atoms with Crippen LogP contribution in [0.3, 0.4) is 0 Å². The first-order valence-corrected chi connectivity index (χ1v) is 11.2. The monoisotopic (exact) mass is 408 g/mol. The molecule has 1 fully saturated rings. The van der Waals surface area contributed by atoms with Crippen LogP contribution in [0.1, 0.15) is 80.7 Å². The first-order chi connectivity index (χ1) is 14.4. The molecule has 6 heteroatoms. The molecular weight excluding hydrogens is 376 g/mol. The fourth-order valence-corrected chi connectivity index (χ4v) is 4.76. The molecule has 0 saturated carbocycles. The zero-order valence-electron chi connectivity index (χ0n) is 18.3. The first-order valence-electron chi connectivity index (χ1n) is 11.2. The number of likely N-dealkylation sites (tertiary alicyclic amines) is 1. The Morgan fingerprint density at radius 3 is 2.73 bits per heavy atom. The lowest BCUT2D eigenvalue weighted by atomic mass is 9.75. The number of para-hydroxylation sites is 1. The van der Waals surface area contributed by atoms with Crippen molar-refractivity contribution in [1.29, 1.82) is 0 Å². The summed E-state index contributed by atoms with van der Waals surface area (Å²) in [5.74, 6) is 0.150. The van der Waals surface area contributed by atoms with E-state index < -0.39 is 0 Å². The van der Waals surface area contributed by atoms with Crippen molar-refractivity contribution in [2.24, 2.45) is 5.41 Å². The summed E-state index contributed by atoms with van der Waals surface area (Å²) in [6, 6.07) is 9.81. The summed E-state index contributed by atoms with van der Waals surface area (Å²) < 4.78 is 1.94. The molecule has 0 spiro atoms.